The van der Waals surface area contributed by atoms with E-state index < -0.39 is 0 Å². The summed E-state index contributed by atoms with van der Waals surface area (Å²) >= 11 is 0. The molecular weight excluding hydrogens is 396 g/mol. The number of ether oxygens (including phenoxy) is 5. The fraction of sp³-hybridized carbons (Fsp3) is 1.00. The molecule has 2 atom stereocenters. The molecule has 0 saturated carbocycles. The maximum Gasteiger partial charge on any atom is 0.157 e. The number of methoxy groups -OCH3 is 4. The van der Waals surface area contributed by atoms with E-state index in [1.165, 1.54) is 12.3 Å². The van der Waals surface area contributed by atoms with Crippen molar-refractivity contribution in [2.75, 3.05) is 66.2 Å². The van der Waals surface area contributed by atoms with Crippen LogP contribution in [0.15, 0.2) is 0 Å². The highest BCUT2D eigenvalue weighted by Gasteiger charge is 2.29. The second kappa shape index (κ2) is 19.6. The maximum absolute atomic E-state index is 6.39. The summed E-state index contributed by atoms with van der Waals surface area (Å²) in [5, 5.41) is 0. The van der Waals surface area contributed by atoms with Crippen molar-refractivity contribution in [1.29, 1.82) is 0 Å². The third-order valence-corrected chi connectivity index (χ3v) is 7.38. The van der Waals surface area contributed by atoms with Gasteiger partial charge in [-0.05, 0) is 56.9 Å². The highest BCUT2D eigenvalue weighted by atomic mass is 31.1. The molecule has 6 nitrogen and oxygen atoms in total. The Morgan fingerprint density at radius 3 is 1.57 bits per heavy atom. The molecular formula is C20H45NO5P2. The van der Waals surface area contributed by atoms with E-state index >= 15 is 0 Å². The first-order valence-corrected chi connectivity index (χ1v) is 13.3. The second-order valence-corrected chi connectivity index (χ2v) is 9.95. The van der Waals surface area contributed by atoms with Gasteiger partial charge in [-0.1, -0.05) is 6.92 Å². The van der Waals surface area contributed by atoms with Gasteiger partial charge in [0.25, 0.3) is 0 Å². The molecule has 2 N–H and O–H groups in total. The SMILES string of the molecule is CCCOC(CCN)(CCPCCC(OC)OC)CCPCCC(OC)OC. The first kappa shape index (κ1) is 28.6. The third kappa shape index (κ3) is 13.8. The van der Waals surface area contributed by atoms with Crippen molar-refractivity contribution in [2.45, 2.75) is 63.6 Å². The first-order chi connectivity index (χ1) is 13.6. The lowest BCUT2D eigenvalue weighted by atomic mass is 9.93. The topological polar surface area (TPSA) is 72.2 Å². The number of hydrogen-bond donors (Lipinski definition) is 1. The highest BCUT2D eigenvalue weighted by molar-refractivity contribution is 7.38. The molecule has 28 heavy (non-hydrogen) atoms. The van der Waals surface area contributed by atoms with Crippen LogP contribution in [-0.2, 0) is 23.7 Å². The zero-order chi connectivity index (χ0) is 21.1. The van der Waals surface area contributed by atoms with Gasteiger partial charge in [-0.3, -0.25) is 0 Å². The lowest BCUT2D eigenvalue weighted by Crippen LogP contribution is -2.37. The lowest BCUT2D eigenvalue weighted by Gasteiger charge is -2.34. The maximum atomic E-state index is 6.39. The van der Waals surface area contributed by atoms with Crippen molar-refractivity contribution in [2.24, 2.45) is 5.73 Å². The van der Waals surface area contributed by atoms with Gasteiger partial charge in [-0.2, -0.15) is 0 Å². The van der Waals surface area contributed by atoms with E-state index in [1.807, 2.05) is 0 Å². The Morgan fingerprint density at radius 1 is 0.750 bits per heavy atom. The Morgan fingerprint density at radius 2 is 1.21 bits per heavy atom. The van der Waals surface area contributed by atoms with E-state index in [2.05, 4.69) is 6.92 Å². The summed E-state index contributed by atoms with van der Waals surface area (Å²) in [5.74, 6) is 0. The summed E-state index contributed by atoms with van der Waals surface area (Å²) in [4.78, 5) is 0. The van der Waals surface area contributed by atoms with Crippen molar-refractivity contribution in [3.63, 3.8) is 0 Å². The van der Waals surface area contributed by atoms with Gasteiger partial charge >= 0.3 is 0 Å². The van der Waals surface area contributed by atoms with Crippen LogP contribution in [0, 0.1) is 0 Å². The van der Waals surface area contributed by atoms with Gasteiger partial charge in [0.1, 0.15) is 0 Å². The fourth-order valence-electron chi connectivity index (χ4n) is 3.16. The predicted octanol–water partition coefficient (Wildman–Crippen LogP) is 3.66. The smallest absolute Gasteiger partial charge is 0.157 e. The molecule has 0 heterocycles. The molecule has 0 fully saturated rings. The van der Waals surface area contributed by atoms with E-state index in [9.17, 15) is 0 Å². The van der Waals surface area contributed by atoms with E-state index in [0.717, 1.165) is 74.6 Å². The molecule has 0 aliphatic carbocycles. The molecule has 0 saturated heterocycles. The van der Waals surface area contributed by atoms with Gasteiger partial charge in [0.05, 0.1) is 5.60 Å². The molecule has 0 aliphatic rings. The van der Waals surface area contributed by atoms with Crippen molar-refractivity contribution in [1.82, 2.24) is 0 Å². The lowest BCUT2D eigenvalue weighted by molar-refractivity contribution is -0.102. The van der Waals surface area contributed by atoms with Crippen molar-refractivity contribution in [3.8, 4) is 0 Å². The summed E-state index contributed by atoms with van der Waals surface area (Å²) in [6.45, 7) is 3.67. The minimum Gasteiger partial charge on any atom is -0.375 e. The third-order valence-electron chi connectivity index (χ3n) is 4.89. The standard InChI is InChI=1S/C20H45NO5P2/c1-6-13-26-20(9-12-21,10-16-27-14-7-18(22-2)23-3)11-17-28-15-8-19(24-4)25-5/h18-19,27-28H,6-17,21H2,1-5H3. The first-order valence-electron chi connectivity index (χ1n) is 10.5. The molecule has 0 bridgehead atoms. The van der Waals surface area contributed by atoms with Crippen LogP contribution in [0.2, 0.25) is 0 Å². The summed E-state index contributed by atoms with van der Waals surface area (Å²) in [6, 6.07) is 0. The van der Waals surface area contributed by atoms with Crippen molar-refractivity contribution < 1.29 is 23.7 Å². The molecule has 2 unspecified atom stereocenters. The second-order valence-electron chi connectivity index (χ2n) is 6.95. The van der Waals surface area contributed by atoms with Gasteiger partial charge in [-0.15, -0.1) is 17.2 Å². The number of hydrogen-bond acceptors (Lipinski definition) is 6. The van der Waals surface area contributed by atoms with Crippen LogP contribution in [0.5, 0.6) is 0 Å². The Hall–Kier alpha value is 0.620. The Bertz CT molecular complexity index is 310. The zero-order valence-corrected chi connectivity index (χ0v) is 20.8. The molecule has 0 aromatic rings. The van der Waals surface area contributed by atoms with Gasteiger partial charge in [0.15, 0.2) is 12.6 Å². The Labute approximate surface area is 176 Å². The van der Waals surface area contributed by atoms with Crippen LogP contribution in [0.4, 0.5) is 0 Å². The average Bonchev–Trinajstić information content (AvgIpc) is 2.72. The summed E-state index contributed by atoms with van der Waals surface area (Å²) in [5.41, 5.74) is 5.90. The fourth-order valence-corrected chi connectivity index (χ4v) is 5.80. The molecule has 0 aromatic heterocycles. The highest BCUT2D eigenvalue weighted by Crippen LogP contribution is 2.32. The molecule has 0 radical (unpaired) electrons. The Balaban J connectivity index is 4.41. The molecule has 0 rings (SSSR count). The molecule has 0 aliphatic heterocycles. The molecule has 8 heteroatoms. The number of nitrogens with two attached hydrogens (primary N) is 1. The summed E-state index contributed by atoms with van der Waals surface area (Å²) in [6.07, 6.45) is 10.6. The van der Waals surface area contributed by atoms with E-state index in [4.69, 9.17) is 29.4 Å². The van der Waals surface area contributed by atoms with Gasteiger partial charge in [0.2, 0.25) is 0 Å². The zero-order valence-electron chi connectivity index (χ0n) is 18.8. The van der Waals surface area contributed by atoms with Gasteiger partial charge < -0.3 is 29.4 Å². The van der Waals surface area contributed by atoms with Crippen LogP contribution in [0.25, 0.3) is 0 Å². The van der Waals surface area contributed by atoms with Crippen LogP contribution in [0.1, 0.15) is 45.4 Å². The van der Waals surface area contributed by atoms with E-state index in [-0.39, 0.29) is 18.2 Å². The predicted molar refractivity (Wildman–Crippen MR) is 123 cm³/mol. The van der Waals surface area contributed by atoms with E-state index in [0.29, 0.717) is 6.54 Å². The molecule has 170 valence electrons. The van der Waals surface area contributed by atoms with Crippen LogP contribution in [0.3, 0.4) is 0 Å². The monoisotopic (exact) mass is 441 g/mol. The molecule has 0 aromatic carbocycles. The average molecular weight is 442 g/mol. The van der Waals surface area contributed by atoms with Crippen molar-refractivity contribution in [3.05, 3.63) is 0 Å². The molecule has 0 spiro atoms. The minimum atomic E-state index is -0.0816. The van der Waals surface area contributed by atoms with Crippen molar-refractivity contribution >= 4 is 17.2 Å². The minimum absolute atomic E-state index is 0.0609. The summed E-state index contributed by atoms with van der Waals surface area (Å²) < 4.78 is 27.5. The van der Waals surface area contributed by atoms with E-state index in [1.54, 1.807) is 28.4 Å². The molecule has 0 amide bonds. The van der Waals surface area contributed by atoms with Crippen LogP contribution in [-0.4, -0.2) is 84.4 Å². The van der Waals surface area contributed by atoms with Gasteiger partial charge in [0, 0.05) is 47.9 Å². The van der Waals surface area contributed by atoms with Crippen LogP contribution < -0.4 is 5.73 Å². The van der Waals surface area contributed by atoms with Crippen LogP contribution >= 0.6 is 17.2 Å². The normalized spacial score (nSPS) is 15.0. The summed E-state index contributed by atoms with van der Waals surface area (Å²) in [7, 11) is 8.60. The quantitative estimate of drug-likeness (QED) is 0.167. The van der Waals surface area contributed by atoms with Gasteiger partial charge in [-0.25, -0.2) is 0 Å². The number of rotatable bonds is 21. The largest absolute Gasteiger partial charge is 0.375 e. The Kier molecular flexibility index (Phi) is 20.0.